The normalized spacial score (nSPS) is 16.4. The number of aromatic nitrogens is 1. The Kier molecular flexibility index (Phi) is 5.39. The summed E-state index contributed by atoms with van der Waals surface area (Å²) < 4.78 is 0. The number of halogens is 1. The van der Waals surface area contributed by atoms with Crippen molar-refractivity contribution < 1.29 is 14.7 Å². The smallest absolute Gasteiger partial charge is 0.329 e. The second kappa shape index (κ2) is 7.54. The van der Waals surface area contributed by atoms with Crippen LogP contribution in [0.15, 0.2) is 29.6 Å². The molecule has 0 unspecified atom stereocenters. The number of nitrogens with zero attached hydrogens (tertiary/aromatic N) is 1. The first kappa shape index (κ1) is 17.9. The molecule has 1 aliphatic rings. The van der Waals surface area contributed by atoms with E-state index in [2.05, 4.69) is 10.3 Å². The topological polar surface area (TPSA) is 79.3 Å². The van der Waals surface area contributed by atoms with Crippen molar-refractivity contribution in [2.45, 2.75) is 44.1 Å². The number of hydrogen-bond acceptors (Lipinski definition) is 4. The molecule has 0 saturated heterocycles. The van der Waals surface area contributed by atoms with Gasteiger partial charge in [-0.05, 0) is 18.9 Å². The molecule has 7 heteroatoms. The molecule has 0 atom stereocenters. The van der Waals surface area contributed by atoms with Crippen molar-refractivity contribution in [3.05, 3.63) is 40.4 Å². The van der Waals surface area contributed by atoms with Crippen LogP contribution < -0.4 is 5.32 Å². The van der Waals surface area contributed by atoms with E-state index in [9.17, 15) is 14.7 Å². The quantitative estimate of drug-likeness (QED) is 0.826. The maximum atomic E-state index is 12.4. The number of nitrogens with one attached hydrogen (secondary N) is 1. The molecule has 2 aromatic rings. The molecule has 2 N–H and O–H groups in total. The van der Waals surface area contributed by atoms with E-state index >= 15 is 0 Å². The second-order valence-corrected chi connectivity index (χ2v) is 7.56. The lowest BCUT2D eigenvalue weighted by atomic mass is 9.81. The molecule has 1 aliphatic carbocycles. The summed E-state index contributed by atoms with van der Waals surface area (Å²) in [6.07, 6.45) is 3.68. The molecule has 5 nitrogen and oxygen atoms in total. The monoisotopic (exact) mass is 378 g/mol. The molecule has 1 heterocycles. The van der Waals surface area contributed by atoms with Crippen molar-refractivity contribution in [1.82, 2.24) is 10.3 Å². The first-order chi connectivity index (χ1) is 12.0. The molecule has 25 heavy (non-hydrogen) atoms. The van der Waals surface area contributed by atoms with Gasteiger partial charge in [-0.25, -0.2) is 9.78 Å². The summed E-state index contributed by atoms with van der Waals surface area (Å²) in [5.41, 5.74) is 0.320. The van der Waals surface area contributed by atoms with Gasteiger partial charge >= 0.3 is 5.97 Å². The summed E-state index contributed by atoms with van der Waals surface area (Å²) in [6, 6.07) is 7.41. The van der Waals surface area contributed by atoms with Crippen LogP contribution in [0.1, 0.15) is 37.8 Å². The summed E-state index contributed by atoms with van der Waals surface area (Å²) in [5, 5.41) is 15.5. The Morgan fingerprint density at radius 2 is 1.96 bits per heavy atom. The molecule has 1 amide bonds. The summed E-state index contributed by atoms with van der Waals surface area (Å²) in [4.78, 5) is 28.5. The molecule has 0 spiro atoms. The van der Waals surface area contributed by atoms with E-state index in [1.807, 2.05) is 23.6 Å². The van der Waals surface area contributed by atoms with E-state index in [0.717, 1.165) is 29.8 Å². The van der Waals surface area contributed by atoms with E-state index in [1.54, 1.807) is 6.07 Å². The van der Waals surface area contributed by atoms with Gasteiger partial charge < -0.3 is 10.4 Å². The fourth-order valence-electron chi connectivity index (χ4n) is 3.17. The Labute approximate surface area is 155 Å². The minimum Gasteiger partial charge on any atom is -0.480 e. The highest BCUT2D eigenvalue weighted by molar-refractivity contribution is 7.13. The molecule has 1 saturated carbocycles. The van der Waals surface area contributed by atoms with Gasteiger partial charge in [0.25, 0.3) is 0 Å². The third kappa shape index (κ3) is 4.02. The zero-order valence-corrected chi connectivity index (χ0v) is 15.2. The average Bonchev–Trinajstić information content (AvgIpc) is 3.04. The summed E-state index contributed by atoms with van der Waals surface area (Å²) in [7, 11) is 0. The molecule has 0 radical (unpaired) electrons. The number of benzene rings is 1. The summed E-state index contributed by atoms with van der Waals surface area (Å²) in [5.74, 6) is -1.25. The number of carboxylic acid groups (broad SMARTS) is 1. The molecule has 1 fully saturated rings. The Morgan fingerprint density at radius 3 is 2.64 bits per heavy atom. The van der Waals surface area contributed by atoms with Crippen molar-refractivity contribution in [1.29, 1.82) is 0 Å². The van der Waals surface area contributed by atoms with Crippen molar-refractivity contribution in [3.63, 3.8) is 0 Å². The van der Waals surface area contributed by atoms with Gasteiger partial charge in [0.1, 0.15) is 10.5 Å². The van der Waals surface area contributed by atoms with Gasteiger partial charge in [0, 0.05) is 10.9 Å². The number of carbonyl (C=O) groups excluding carboxylic acids is 1. The van der Waals surface area contributed by atoms with Crippen LogP contribution in [0.25, 0.3) is 10.6 Å². The maximum absolute atomic E-state index is 12.4. The largest absolute Gasteiger partial charge is 0.480 e. The first-order valence-corrected chi connectivity index (χ1v) is 9.50. The number of carbonyl (C=O) groups is 2. The van der Waals surface area contributed by atoms with Crippen LogP contribution >= 0.6 is 22.9 Å². The van der Waals surface area contributed by atoms with Gasteiger partial charge in [-0.1, -0.05) is 49.1 Å². The van der Waals surface area contributed by atoms with Gasteiger partial charge in [0.05, 0.1) is 17.1 Å². The Balaban J connectivity index is 1.69. The maximum Gasteiger partial charge on any atom is 0.329 e. The molecule has 0 aliphatic heterocycles. The number of amides is 1. The van der Waals surface area contributed by atoms with Crippen molar-refractivity contribution in [2.24, 2.45) is 0 Å². The Hall–Kier alpha value is -1.92. The number of aliphatic carboxylic acids is 1. The number of hydrogen-bond donors (Lipinski definition) is 2. The standard InChI is InChI=1S/C18H19ClN2O3S/c19-14-7-3-2-6-13(14)16-20-12(11-25-16)10-15(22)21-18(17(23)24)8-4-1-5-9-18/h2-3,6-7,11H,1,4-5,8-10H2,(H,21,22)(H,23,24). The number of rotatable bonds is 5. The molecule has 3 rings (SSSR count). The lowest BCUT2D eigenvalue weighted by Crippen LogP contribution is -2.56. The van der Waals surface area contributed by atoms with Crippen LogP contribution in [0.4, 0.5) is 0 Å². The van der Waals surface area contributed by atoms with Gasteiger partial charge in [0.15, 0.2) is 0 Å². The first-order valence-electron chi connectivity index (χ1n) is 8.24. The Morgan fingerprint density at radius 1 is 1.24 bits per heavy atom. The highest BCUT2D eigenvalue weighted by Crippen LogP contribution is 2.31. The molecule has 0 bridgehead atoms. The number of carboxylic acids is 1. The molecular weight excluding hydrogens is 360 g/mol. The Bertz CT molecular complexity index is 784. The zero-order valence-electron chi connectivity index (χ0n) is 13.6. The van der Waals surface area contributed by atoms with Crippen LogP contribution in [0.3, 0.4) is 0 Å². The lowest BCUT2D eigenvalue weighted by Gasteiger charge is -2.33. The van der Waals surface area contributed by atoms with E-state index in [4.69, 9.17) is 11.6 Å². The highest BCUT2D eigenvalue weighted by Gasteiger charge is 2.40. The van der Waals surface area contributed by atoms with Crippen molar-refractivity contribution in [2.75, 3.05) is 0 Å². The highest BCUT2D eigenvalue weighted by atomic mass is 35.5. The predicted molar refractivity (Wildman–Crippen MR) is 97.9 cm³/mol. The minimum atomic E-state index is -1.13. The fourth-order valence-corrected chi connectivity index (χ4v) is 4.31. The van der Waals surface area contributed by atoms with Crippen LogP contribution in [-0.2, 0) is 16.0 Å². The van der Waals surface area contributed by atoms with Crippen LogP contribution in [0.2, 0.25) is 5.02 Å². The van der Waals surface area contributed by atoms with Crippen LogP contribution in [0, 0.1) is 0 Å². The van der Waals surface area contributed by atoms with E-state index < -0.39 is 11.5 Å². The molecule has 1 aromatic carbocycles. The van der Waals surface area contributed by atoms with Gasteiger partial charge in [-0.15, -0.1) is 11.3 Å². The predicted octanol–water partition coefficient (Wildman–Crippen LogP) is 3.91. The van der Waals surface area contributed by atoms with E-state index in [0.29, 0.717) is 23.6 Å². The lowest BCUT2D eigenvalue weighted by molar-refractivity contribution is -0.149. The number of thiazole rings is 1. The third-order valence-electron chi connectivity index (χ3n) is 4.49. The van der Waals surface area contributed by atoms with Crippen LogP contribution in [0.5, 0.6) is 0 Å². The second-order valence-electron chi connectivity index (χ2n) is 6.30. The summed E-state index contributed by atoms with van der Waals surface area (Å²) in [6.45, 7) is 0. The van der Waals surface area contributed by atoms with Crippen molar-refractivity contribution >= 4 is 34.8 Å². The summed E-state index contributed by atoms with van der Waals surface area (Å²) >= 11 is 7.60. The minimum absolute atomic E-state index is 0.0655. The van der Waals surface area contributed by atoms with Gasteiger partial charge in [-0.2, -0.15) is 0 Å². The van der Waals surface area contributed by atoms with Gasteiger partial charge in [-0.3, -0.25) is 4.79 Å². The van der Waals surface area contributed by atoms with E-state index in [1.165, 1.54) is 11.3 Å². The molecular formula is C18H19ClN2O3S. The SMILES string of the molecule is O=C(Cc1csc(-c2ccccc2Cl)n1)NC1(C(=O)O)CCCCC1. The fraction of sp³-hybridized carbons (Fsp3) is 0.389. The average molecular weight is 379 g/mol. The third-order valence-corrected chi connectivity index (χ3v) is 5.75. The van der Waals surface area contributed by atoms with Crippen molar-refractivity contribution in [3.8, 4) is 10.6 Å². The zero-order chi connectivity index (χ0) is 17.9. The van der Waals surface area contributed by atoms with Gasteiger partial charge in [0.2, 0.25) is 5.91 Å². The van der Waals surface area contributed by atoms with Crippen LogP contribution in [-0.4, -0.2) is 27.5 Å². The molecule has 132 valence electrons. The van der Waals surface area contributed by atoms with E-state index in [-0.39, 0.29) is 12.3 Å². The molecule has 1 aromatic heterocycles.